The molecule has 0 fully saturated rings. The fourth-order valence-corrected chi connectivity index (χ4v) is 9.97. The molecule has 4 amide bonds. The van der Waals surface area contributed by atoms with Crippen LogP contribution in [0.5, 0.6) is 0 Å². The highest BCUT2D eigenvalue weighted by atomic mass is 16.6. The summed E-state index contributed by atoms with van der Waals surface area (Å²) in [6.07, 6.45) is 4.14. The van der Waals surface area contributed by atoms with Crippen LogP contribution in [0.2, 0.25) is 0 Å². The van der Waals surface area contributed by atoms with Crippen LogP contribution in [0.3, 0.4) is 0 Å². The van der Waals surface area contributed by atoms with Crippen molar-refractivity contribution in [3.05, 3.63) is 151 Å². The van der Waals surface area contributed by atoms with E-state index in [9.17, 15) is 53.1 Å². The van der Waals surface area contributed by atoms with Crippen molar-refractivity contribution in [2.75, 3.05) is 13.1 Å². The van der Waals surface area contributed by atoms with E-state index in [1.807, 2.05) is 60.7 Å². The van der Waals surface area contributed by atoms with Crippen LogP contribution in [0, 0.1) is 0 Å². The Bertz CT molecular complexity index is 3710. The number of aromatic nitrogens is 4. The average Bonchev–Trinajstić information content (AvgIpc) is 4.23. The largest absolute Gasteiger partial charge is 0.481 e. The molecule has 0 saturated carbocycles. The van der Waals surface area contributed by atoms with Gasteiger partial charge in [0.2, 0.25) is 5.60 Å². The summed E-state index contributed by atoms with van der Waals surface area (Å²) in [5.74, 6) is -5.24. The molecule has 2 N–H and O–H groups in total. The minimum absolute atomic E-state index is 0.0224. The van der Waals surface area contributed by atoms with Gasteiger partial charge in [0, 0.05) is 70.4 Å². The number of carboxylic acids is 1. The van der Waals surface area contributed by atoms with E-state index in [2.05, 4.69) is 0 Å². The third-order valence-electron chi connectivity index (χ3n) is 14.0. The molecule has 380 valence electrons. The molecule has 21 nitrogen and oxygen atoms in total. The number of nitrogens with zero attached hydrogens (tertiary/aromatic N) is 6. The molecule has 2 atom stereocenters. The first-order chi connectivity index (χ1) is 36.0. The van der Waals surface area contributed by atoms with Crippen LogP contribution in [0.4, 0.5) is 0 Å². The Hall–Kier alpha value is -9.24. The van der Waals surface area contributed by atoms with Gasteiger partial charge >= 0.3 is 23.9 Å². The van der Waals surface area contributed by atoms with E-state index in [4.69, 9.17) is 29.3 Å². The molecule has 6 aliphatic heterocycles. The highest BCUT2D eigenvalue weighted by Gasteiger charge is 2.51. The Morgan fingerprint density at radius 2 is 1.07 bits per heavy atom. The molecule has 0 radical (unpaired) electrons. The van der Waals surface area contributed by atoms with Crippen LogP contribution in [0.1, 0.15) is 72.9 Å². The summed E-state index contributed by atoms with van der Waals surface area (Å²) in [6, 6.07) is 22.9. The number of rotatable bonds is 9. The normalized spacial score (nSPS) is 19.3. The molecule has 0 unspecified atom stereocenters. The van der Waals surface area contributed by atoms with Crippen LogP contribution in [-0.4, -0.2) is 99.7 Å². The average molecular weight is 1020 g/mol. The van der Waals surface area contributed by atoms with Crippen molar-refractivity contribution < 1.29 is 62.8 Å². The van der Waals surface area contributed by atoms with Crippen molar-refractivity contribution >= 4 is 69.3 Å². The lowest BCUT2D eigenvalue weighted by Crippen LogP contribution is -2.47. The molecular weight excluding hydrogens is 973 g/mol. The Balaban J connectivity index is 0.000000146. The maximum absolute atomic E-state index is 13.6. The van der Waals surface area contributed by atoms with Crippen molar-refractivity contribution in [1.29, 1.82) is 0 Å². The number of carbonyl (C=O) groups excluding carboxylic acids is 7. The van der Waals surface area contributed by atoms with Gasteiger partial charge in [-0.1, -0.05) is 50.2 Å². The minimum atomic E-state index is -1.84. The topological polar surface area (TPSA) is 281 Å². The maximum Gasteiger partial charge on any atom is 0.355 e. The van der Waals surface area contributed by atoms with Gasteiger partial charge in [-0.3, -0.25) is 48.2 Å². The number of cyclic esters (lactones) is 2. The predicted octanol–water partition coefficient (Wildman–Crippen LogP) is 3.41. The van der Waals surface area contributed by atoms with Crippen LogP contribution < -0.4 is 11.1 Å². The first-order valence-electron chi connectivity index (χ1n) is 23.9. The second-order valence-corrected chi connectivity index (χ2v) is 18.2. The molecule has 2 aromatic carbocycles. The van der Waals surface area contributed by atoms with E-state index in [0.29, 0.717) is 41.3 Å². The Morgan fingerprint density at radius 3 is 1.55 bits per heavy atom. The molecule has 6 aromatic rings. The first-order valence-corrected chi connectivity index (χ1v) is 23.9. The number of carboxylic acid groups (broad SMARTS) is 1. The molecule has 0 aliphatic carbocycles. The fourth-order valence-electron chi connectivity index (χ4n) is 9.97. The van der Waals surface area contributed by atoms with E-state index < -0.39 is 58.7 Å². The lowest BCUT2D eigenvalue weighted by Gasteiger charge is -2.35. The van der Waals surface area contributed by atoms with E-state index in [-0.39, 0.29) is 74.2 Å². The van der Waals surface area contributed by atoms with Gasteiger partial charge in [0.25, 0.3) is 34.7 Å². The first kappa shape index (κ1) is 49.3. The zero-order valence-corrected chi connectivity index (χ0v) is 40.2. The van der Waals surface area contributed by atoms with E-state index in [1.165, 1.54) is 0 Å². The van der Waals surface area contributed by atoms with Gasteiger partial charge in [-0.05, 0) is 49.2 Å². The summed E-state index contributed by atoms with van der Waals surface area (Å²) >= 11 is 0. The van der Waals surface area contributed by atoms with Crippen LogP contribution in [-0.2, 0) is 90.1 Å². The van der Waals surface area contributed by atoms with Crippen molar-refractivity contribution in [1.82, 2.24) is 28.9 Å². The number of imide groups is 2. The van der Waals surface area contributed by atoms with E-state index in [0.717, 1.165) is 72.7 Å². The number of esters is 3. The second-order valence-electron chi connectivity index (χ2n) is 18.2. The van der Waals surface area contributed by atoms with Crippen molar-refractivity contribution in [2.45, 2.75) is 77.0 Å². The third kappa shape index (κ3) is 8.45. The number of ether oxygens (including phenoxy) is 3. The number of fused-ring (bicyclic) bond motifs is 10. The summed E-state index contributed by atoms with van der Waals surface area (Å²) in [5, 5.41) is 21.1. The molecule has 12 rings (SSSR count). The number of aliphatic carboxylic acids is 1. The van der Waals surface area contributed by atoms with Gasteiger partial charge in [-0.25, -0.2) is 19.6 Å². The molecule has 0 saturated heterocycles. The smallest absolute Gasteiger partial charge is 0.355 e. The van der Waals surface area contributed by atoms with Crippen molar-refractivity contribution in [3.8, 4) is 22.8 Å². The minimum Gasteiger partial charge on any atom is -0.481 e. The van der Waals surface area contributed by atoms with Crippen LogP contribution in [0.15, 0.2) is 107 Å². The Labute approximate surface area is 423 Å². The number of benzene rings is 2. The number of aliphatic hydroxyl groups is 1. The third-order valence-corrected chi connectivity index (χ3v) is 14.0. The highest BCUT2D eigenvalue weighted by molar-refractivity contribution is 6.13. The van der Waals surface area contributed by atoms with Crippen LogP contribution >= 0.6 is 0 Å². The van der Waals surface area contributed by atoms with Crippen LogP contribution in [0.25, 0.3) is 44.6 Å². The number of hydrogen-bond acceptors (Lipinski definition) is 16. The summed E-state index contributed by atoms with van der Waals surface area (Å²) in [5.41, 5.74) is 2.96. The molecule has 4 aromatic heterocycles. The van der Waals surface area contributed by atoms with Gasteiger partial charge in [0.15, 0.2) is 5.60 Å². The second kappa shape index (κ2) is 19.0. The van der Waals surface area contributed by atoms with Crippen molar-refractivity contribution in [3.63, 3.8) is 0 Å². The lowest BCUT2D eigenvalue weighted by atomic mass is 9.85. The maximum atomic E-state index is 13.6. The molecule has 10 heterocycles. The Morgan fingerprint density at radius 1 is 0.613 bits per heavy atom. The van der Waals surface area contributed by atoms with E-state index >= 15 is 0 Å². The van der Waals surface area contributed by atoms with E-state index in [1.54, 1.807) is 35.1 Å². The summed E-state index contributed by atoms with van der Waals surface area (Å²) in [7, 11) is 0. The van der Waals surface area contributed by atoms with Gasteiger partial charge < -0.3 is 33.6 Å². The number of amides is 4. The number of para-hydroxylation sites is 2. The molecule has 6 aliphatic rings. The van der Waals surface area contributed by atoms with Gasteiger partial charge in [0.05, 0.1) is 70.9 Å². The zero-order valence-electron chi connectivity index (χ0n) is 40.2. The number of carbonyl (C=O) groups is 8. The van der Waals surface area contributed by atoms with Gasteiger partial charge in [-0.15, -0.1) is 0 Å². The monoisotopic (exact) mass is 1020 g/mol. The summed E-state index contributed by atoms with van der Waals surface area (Å²) in [6.45, 7) is 3.51. The lowest BCUT2D eigenvalue weighted by molar-refractivity contribution is -0.189. The summed E-state index contributed by atoms with van der Waals surface area (Å²) in [4.78, 5) is 131. The standard InChI is InChI=1S/C27H21N3O7.C20H16N2O4.C7H7NO4/c1-2-27(37-23(33)9-10-29-21(31)7-8-22(29)32)18-12-20-24-16(11-15-5-3-4-6-19(15)28-24)13-30(20)25(34)17(18)14-36-26(27)35;1-2-20(25)14-8-16-17-12(7-11-5-3-4-6-15(11)21-17)9-22(16)18(23)13(14)10-26-19(20)24;9-5-1-2-6(10)8(5)4-3-7(11)12/h3-8,11-12H,2,9-10,13-14H2,1H3;3-8,25H,2,9-10H2,1H3;1-2H,3-4H2,(H,11,12)/t27-;20-;/m00./s1. The summed E-state index contributed by atoms with van der Waals surface area (Å²) < 4.78 is 19.4. The SMILES string of the molecule is CC[C@@]1(O)C(=O)OCc2c1cc1n(c2=O)Cc2cc3ccccc3nc2-1.CC[C@@]1(OC(=O)CCN2C(=O)C=CC2=O)C(=O)OCc2c1cc1n(c2=O)Cc2cc3ccccc3nc2-1.O=C(O)CCN1C(=O)C=CC1=O. The molecule has 21 heteroatoms. The molecule has 0 spiro atoms. The molecule has 0 bridgehead atoms. The fraction of sp³-hybridized carbons (Fsp3) is 0.259. The van der Waals surface area contributed by atoms with Gasteiger partial charge in [-0.2, -0.15) is 0 Å². The zero-order chi connectivity index (χ0) is 53.1. The van der Waals surface area contributed by atoms with Crippen molar-refractivity contribution in [2.24, 2.45) is 0 Å². The Kier molecular flexibility index (Phi) is 12.5. The molecule has 75 heavy (non-hydrogen) atoms. The van der Waals surface area contributed by atoms with Gasteiger partial charge in [0.1, 0.15) is 13.2 Å². The predicted molar refractivity (Wildman–Crippen MR) is 262 cm³/mol. The number of hydrogen-bond donors (Lipinski definition) is 2. The number of pyridine rings is 4. The molecular formula is C54H44N6O15. The highest BCUT2D eigenvalue weighted by Crippen LogP contribution is 2.42. The quantitative estimate of drug-likeness (QED) is 0.119.